The summed E-state index contributed by atoms with van der Waals surface area (Å²) in [5, 5.41) is 3.33. The maximum atomic E-state index is 12.9. The smallest absolute Gasteiger partial charge is 0.125 e. The fourth-order valence-electron chi connectivity index (χ4n) is 1.53. The summed E-state index contributed by atoms with van der Waals surface area (Å²) in [5.41, 5.74) is 0.866. The van der Waals surface area contributed by atoms with Crippen LogP contribution in [0.5, 0.6) is 0 Å². The number of benzene rings is 1. The Kier molecular flexibility index (Phi) is 3.93. The molecule has 0 saturated carbocycles. The minimum atomic E-state index is -0.186. The van der Waals surface area contributed by atoms with Crippen LogP contribution in [0.2, 0.25) is 0 Å². The van der Waals surface area contributed by atoms with Gasteiger partial charge in [-0.3, -0.25) is 0 Å². The summed E-state index contributed by atoms with van der Waals surface area (Å²) in [6, 6.07) is 7.03. The molecule has 78 valence electrons. The van der Waals surface area contributed by atoms with E-state index in [0.29, 0.717) is 12.0 Å². The highest BCUT2D eigenvalue weighted by Crippen LogP contribution is 2.15. The largest absolute Gasteiger partial charge is 0.382 e. The minimum Gasteiger partial charge on any atom is -0.382 e. The highest BCUT2D eigenvalue weighted by atomic mass is 19.1. The van der Waals surface area contributed by atoms with Gasteiger partial charge in [-0.2, -0.15) is 0 Å². The van der Waals surface area contributed by atoms with Crippen molar-refractivity contribution in [2.24, 2.45) is 5.92 Å². The molecular formula is C12H18FN. The molecule has 0 aromatic heterocycles. The van der Waals surface area contributed by atoms with Gasteiger partial charge in [0.15, 0.2) is 0 Å². The standard InChI is InChI=1S/C12H18FN/c1-4-12(9(2)3)14-11-7-5-6-10(13)8-11/h5-9,12,14H,4H2,1-3H3/t12-/m0/s1. The first-order valence-electron chi connectivity index (χ1n) is 5.15. The zero-order valence-corrected chi connectivity index (χ0v) is 9.05. The molecule has 0 aliphatic heterocycles. The molecule has 1 N–H and O–H groups in total. The Morgan fingerprint density at radius 1 is 1.36 bits per heavy atom. The molecule has 0 aliphatic carbocycles. The first kappa shape index (κ1) is 11.0. The summed E-state index contributed by atoms with van der Waals surface area (Å²) in [6.07, 6.45) is 1.05. The van der Waals surface area contributed by atoms with Crippen LogP contribution in [0.15, 0.2) is 24.3 Å². The lowest BCUT2D eigenvalue weighted by Gasteiger charge is -2.21. The second-order valence-corrected chi connectivity index (χ2v) is 3.91. The van der Waals surface area contributed by atoms with Crippen molar-refractivity contribution in [2.75, 3.05) is 5.32 Å². The summed E-state index contributed by atoms with van der Waals surface area (Å²) in [4.78, 5) is 0. The van der Waals surface area contributed by atoms with Crippen molar-refractivity contribution in [3.8, 4) is 0 Å². The molecule has 1 nitrogen and oxygen atoms in total. The molecule has 1 rings (SSSR count). The third-order valence-electron chi connectivity index (χ3n) is 2.42. The number of hydrogen-bond donors (Lipinski definition) is 1. The molecule has 1 atom stereocenters. The normalized spacial score (nSPS) is 12.9. The zero-order chi connectivity index (χ0) is 10.6. The van der Waals surface area contributed by atoms with Gasteiger partial charge in [0, 0.05) is 11.7 Å². The van der Waals surface area contributed by atoms with E-state index in [1.165, 1.54) is 12.1 Å². The molecule has 0 amide bonds. The molecule has 0 heterocycles. The van der Waals surface area contributed by atoms with Crippen LogP contribution < -0.4 is 5.32 Å². The molecule has 0 aliphatic rings. The van der Waals surface area contributed by atoms with Gasteiger partial charge in [0.2, 0.25) is 0 Å². The van der Waals surface area contributed by atoms with Gasteiger partial charge < -0.3 is 5.32 Å². The molecule has 0 radical (unpaired) electrons. The van der Waals surface area contributed by atoms with E-state index < -0.39 is 0 Å². The van der Waals surface area contributed by atoms with Crippen molar-refractivity contribution in [1.29, 1.82) is 0 Å². The summed E-state index contributed by atoms with van der Waals surface area (Å²) < 4.78 is 12.9. The van der Waals surface area contributed by atoms with Crippen LogP contribution in [-0.4, -0.2) is 6.04 Å². The third kappa shape index (κ3) is 3.02. The van der Waals surface area contributed by atoms with Crippen molar-refractivity contribution in [1.82, 2.24) is 0 Å². The highest BCUT2D eigenvalue weighted by Gasteiger charge is 2.10. The van der Waals surface area contributed by atoms with Crippen LogP contribution in [-0.2, 0) is 0 Å². The highest BCUT2D eigenvalue weighted by molar-refractivity contribution is 5.44. The molecule has 14 heavy (non-hydrogen) atoms. The summed E-state index contributed by atoms with van der Waals surface area (Å²) in [5.74, 6) is 0.372. The second-order valence-electron chi connectivity index (χ2n) is 3.91. The van der Waals surface area contributed by atoms with Gasteiger partial charge in [0.05, 0.1) is 0 Å². The molecule has 1 aromatic carbocycles. The average molecular weight is 195 g/mol. The van der Waals surface area contributed by atoms with Gasteiger partial charge in [-0.15, -0.1) is 0 Å². The molecule has 0 unspecified atom stereocenters. The van der Waals surface area contributed by atoms with E-state index >= 15 is 0 Å². The second kappa shape index (κ2) is 4.99. The van der Waals surface area contributed by atoms with E-state index in [2.05, 4.69) is 26.1 Å². The Morgan fingerprint density at radius 3 is 2.57 bits per heavy atom. The van der Waals surface area contributed by atoms with Crippen LogP contribution in [0.1, 0.15) is 27.2 Å². The van der Waals surface area contributed by atoms with E-state index in [9.17, 15) is 4.39 Å². The predicted octanol–water partition coefficient (Wildman–Crippen LogP) is 3.67. The zero-order valence-electron chi connectivity index (χ0n) is 9.05. The number of nitrogens with one attached hydrogen (secondary N) is 1. The van der Waals surface area contributed by atoms with E-state index in [4.69, 9.17) is 0 Å². The quantitative estimate of drug-likeness (QED) is 0.773. The Balaban J connectivity index is 2.67. The number of halogens is 1. The molecular weight excluding hydrogens is 177 g/mol. The molecule has 0 fully saturated rings. The van der Waals surface area contributed by atoms with Gasteiger partial charge in [-0.25, -0.2) is 4.39 Å². The number of anilines is 1. The lowest BCUT2D eigenvalue weighted by molar-refractivity contribution is 0.511. The van der Waals surface area contributed by atoms with Crippen molar-refractivity contribution in [3.05, 3.63) is 30.1 Å². The molecule has 1 aromatic rings. The lowest BCUT2D eigenvalue weighted by atomic mass is 10.0. The maximum Gasteiger partial charge on any atom is 0.125 e. The summed E-state index contributed by atoms with van der Waals surface area (Å²) in [7, 11) is 0. The van der Waals surface area contributed by atoms with Crippen LogP contribution in [0, 0.1) is 11.7 Å². The summed E-state index contributed by atoms with van der Waals surface area (Å²) in [6.45, 7) is 6.47. The first-order chi connectivity index (χ1) is 6.63. The van der Waals surface area contributed by atoms with Crippen LogP contribution in [0.25, 0.3) is 0 Å². The molecule has 0 bridgehead atoms. The fraction of sp³-hybridized carbons (Fsp3) is 0.500. The van der Waals surface area contributed by atoms with Crippen molar-refractivity contribution in [3.63, 3.8) is 0 Å². The van der Waals surface area contributed by atoms with Gasteiger partial charge in [0.25, 0.3) is 0 Å². The van der Waals surface area contributed by atoms with Crippen molar-refractivity contribution < 1.29 is 4.39 Å². The SMILES string of the molecule is CC[C@H](Nc1cccc(F)c1)C(C)C. The van der Waals surface area contributed by atoms with Gasteiger partial charge in [-0.05, 0) is 30.5 Å². The Hall–Kier alpha value is -1.05. The average Bonchev–Trinajstić information content (AvgIpc) is 2.14. The van der Waals surface area contributed by atoms with E-state index in [0.717, 1.165) is 12.1 Å². The van der Waals surface area contributed by atoms with Gasteiger partial charge in [-0.1, -0.05) is 26.8 Å². The first-order valence-corrected chi connectivity index (χ1v) is 5.15. The number of hydrogen-bond acceptors (Lipinski definition) is 1. The van der Waals surface area contributed by atoms with Crippen LogP contribution >= 0.6 is 0 Å². The minimum absolute atomic E-state index is 0.186. The maximum absolute atomic E-state index is 12.9. The third-order valence-corrected chi connectivity index (χ3v) is 2.42. The van der Waals surface area contributed by atoms with Gasteiger partial charge >= 0.3 is 0 Å². The Morgan fingerprint density at radius 2 is 2.07 bits per heavy atom. The Bertz CT molecular complexity index is 283. The van der Waals surface area contributed by atoms with E-state index in [-0.39, 0.29) is 5.82 Å². The van der Waals surface area contributed by atoms with E-state index in [1.807, 2.05) is 6.07 Å². The molecule has 0 saturated heterocycles. The lowest BCUT2D eigenvalue weighted by Crippen LogP contribution is -2.24. The Labute approximate surface area is 85.3 Å². The number of rotatable bonds is 4. The van der Waals surface area contributed by atoms with Crippen molar-refractivity contribution >= 4 is 5.69 Å². The molecule has 2 heteroatoms. The van der Waals surface area contributed by atoms with Crippen LogP contribution in [0.3, 0.4) is 0 Å². The summed E-state index contributed by atoms with van der Waals surface area (Å²) >= 11 is 0. The van der Waals surface area contributed by atoms with Gasteiger partial charge in [0.1, 0.15) is 5.82 Å². The monoisotopic (exact) mass is 195 g/mol. The van der Waals surface area contributed by atoms with E-state index in [1.54, 1.807) is 6.07 Å². The molecule has 0 spiro atoms. The van der Waals surface area contributed by atoms with Crippen LogP contribution in [0.4, 0.5) is 10.1 Å². The van der Waals surface area contributed by atoms with Crippen molar-refractivity contribution in [2.45, 2.75) is 33.2 Å². The fourth-order valence-corrected chi connectivity index (χ4v) is 1.53. The topological polar surface area (TPSA) is 12.0 Å². The predicted molar refractivity (Wildman–Crippen MR) is 58.9 cm³/mol.